The summed E-state index contributed by atoms with van der Waals surface area (Å²) in [7, 11) is 1.68. The van der Waals surface area contributed by atoms with Gasteiger partial charge in [-0.25, -0.2) is 4.79 Å². The number of carbonyl (C=O) groups excluding carboxylic acids is 1. The molecule has 7 heteroatoms. The third-order valence-electron chi connectivity index (χ3n) is 4.02. The molecule has 1 aliphatic carbocycles. The summed E-state index contributed by atoms with van der Waals surface area (Å²) in [4.78, 5) is 13.6. The fourth-order valence-electron chi connectivity index (χ4n) is 2.47. The molecule has 2 N–H and O–H groups in total. The second kappa shape index (κ2) is 6.78. The van der Waals surface area contributed by atoms with Gasteiger partial charge in [0.25, 0.3) is 0 Å². The molecule has 1 aromatic heterocycles. The van der Waals surface area contributed by atoms with Crippen molar-refractivity contribution in [2.45, 2.75) is 25.5 Å². The van der Waals surface area contributed by atoms with Gasteiger partial charge < -0.3 is 15.3 Å². The van der Waals surface area contributed by atoms with Gasteiger partial charge in [0.15, 0.2) is 5.82 Å². The molecule has 0 spiro atoms. The molecule has 0 saturated heterocycles. The zero-order valence-electron chi connectivity index (χ0n) is 13.1. The minimum absolute atomic E-state index is 0.229. The summed E-state index contributed by atoms with van der Waals surface area (Å²) in [5.74, 6) is 1.01. The van der Waals surface area contributed by atoms with Crippen LogP contribution in [0, 0.1) is 5.92 Å². The molecule has 2 aromatic rings. The van der Waals surface area contributed by atoms with E-state index in [1.54, 1.807) is 13.4 Å². The van der Waals surface area contributed by atoms with E-state index in [4.69, 9.17) is 0 Å². The number of urea groups is 1. The van der Waals surface area contributed by atoms with Gasteiger partial charge >= 0.3 is 6.03 Å². The van der Waals surface area contributed by atoms with E-state index in [9.17, 15) is 9.90 Å². The van der Waals surface area contributed by atoms with Crippen molar-refractivity contribution in [2.24, 2.45) is 5.92 Å². The number of amides is 2. The van der Waals surface area contributed by atoms with Crippen LogP contribution in [-0.4, -0.2) is 50.5 Å². The molecule has 1 saturated carbocycles. The Labute approximate surface area is 134 Å². The number of rotatable bonds is 6. The Kier molecular flexibility index (Phi) is 4.57. The van der Waals surface area contributed by atoms with E-state index in [2.05, 4.69) is 15.5 Å². The van der Waals surface area contributed by atoms with Crippen LogP contribution in [0.2, 0.25) is 0 Å². The number of aromatic nitrogens is 3. The van der Waals surface area contributed by atoms with Crippen LogP contribution in [-0.2, 0) is 6.54 Å². The lowest BCUT2D eigenvalue weighted by Gasteiger charge is -2.21. The summed E-state index contributed by atoms with van der Waals surface area (Å²) >= 11 is 0. The normalized spacial score (nSPS) is 15.2. The van der Waals surface area contributed by atoms with E-state index in [1.807, 2.05) is 34.9 Å². The van der Waals surface area contributed by atoms with Crippen LogP contribution in [0.5, 0.6) is 0 Å². The Morgan fingerprint density at radius 1 is 1.43 bits per heavy atom. The van der Waals surface area contributed by atoms with E-state index < -0.39 is 6.10 Å². The van der Waals surface area contributed by atoms with Crippen molar-refractivity contribution in [3.05, 3.63) is 42.5 Å². The van der Waals surface area contributed by atoms with E-state index in [-0.39, 0.29) is 12.6 Å². The van der Waals surface area contributed by atoms with Crippen LogP contribution in [0.4, 0.5) is 4.79 Å². The predicted molar refractivity (Wildman–Crippen MR) is 85.0 cm³/mol. The molecule has 1 fully saturated rings. The topological polar surface area (TPSA) is 83.3 Å². The third kappa shape index (κ3) is 3.87. The molecule has 1 atom stereocenters. The third-order valence-corrected chi connectivity index (χ3v) is 4.02. The minimum Gasteiger partial charge on any atom is -0.391 e. The molecular formula is C16H21N5O2. The van der Waals surface area contributed by atoms with Crippen molar-refractivity contribution >= 4 is 6.03 Å². The Balaban J connectivity index is 1.56. The summed E-state index contributed by atoms with van der Waals surface area (Å²) in [6.45, 7) is 0.624. The number of para-hydroxylation sites is 1. The van der Waals surface area contributed by atoms with E-state index in [0.29, 0.717) is 18.3 Å². The SMILES string of the molecule is CN(CC(O)C1CC1)C(=O)NCc1nncn1-c1ccccc1. The number of carbonyl (C=O) groups is 1. The van der Waals surface area contributed by atoms with Crippen molar-refractivity contribution < 1.29 is 9.90 Å². The highest BCUT2D eigenvalue weighted by atomic mass is 16.3. The molecule has 3 rings (SSSR count). The number of likely N-dealkylation sites (N-methyl/N-ethyl adjacent to an activating group) is 1. The number of hydrogen-bond acceptors (Lipinski definition) is 4. The number of benzene rings is 1. The molecule has 1 unspecified atom stereocenters. The first-order chi connectivity index (χ1) is 11.1. The molecule has 0 bridgehead atoms. The van der Waals surface area contributed by atoms with Crippen molar-refractivity contribution in [3.8, 4) is 5.69 Å². The maximum atomic E-state index is 12.1. The molecule has 7 nitrogen and oxygen atoms in total. The van der Waals surface area contributed by atoms with Crippen molar-refractivity contribution in [1.29, 1.82) is 0 Å². The van der Waals surface area contributed by atoms with Gasteiger partial charge in [-0.1, -0.05) is 18.2 Å². The molecule has 1 aromatic carbocycles. The first-order valence-electron chi connectivity index (χ1n) is 7.76. The zero-order chi connectivity index (χ0) is 16.2. The molecule has 2 amide bonds. The molecule has 23 heavy (non-hydrogen) atoms. The standard InChI is InChI=1S/C16H21N5O2/c1-20(10-14(22)12-7-8-12)16(23)17-9-15-19-18-11-21(15)13-5-3-2-4-6-13/h2-6,11-12,14,22H,7-10H2,1H3,(H,17,23). The fraction of sp³-hybridized carbons (Fsp3) is 0.438. The lowest BCUT2D eigenvalue weighted by molar-refractivity contribution is 0.113. The Morgan fingerprint density at radius 3 is 2.87 bits per heavy atom. The van der Waals surface area contributed by atoms with Gasteiger partial charge in [-0.05, 0) is 30.9 Å². The highest BCUT2D eigenvalue weighted by Gasteiger charge is 2.31. The van der Waals surface area contributed by atoms with Gasteiger partial charge in [-0.3, -0.25) is 4.57 Å². The van der Waals surface area contributed by atoms with Gasteiger partial charge in [0.05, 0.1) is 12.6 Å². The zero-order valence-corrected chi connectivity index (χ0v) is 13.1. The maximum absolute atomic E-state index is 12.1. The van der Waals surface area contributed by atoms with Gasteiger partial charge in [-0.15, -0.1) is 10.2 Å². The van der Waals surface area contributed by atoms with Crippen LogP contribution in [0.1, 0.15) is 18.7 Å². The molecule has 0 radical (unpaired) electrons. The lowest BCUT2D eigenvalue weighted by Crippen LogP contribution is -2.41. The largest absolute Gasteiger partial charge is 0.391 e. The van der Waals surface area contributed by atoms with Gasteiger partial charge in [0, 0.05) is 19.3 Å². The summed E-state index contributed by atoms with van der Waals surface area (Å²) < 4.78 is 1.83. The average molecular weight is 315 g/mol. The van der Waals surface area contributed by atoms with E-state index >= 15 is 0 Å². The summed E-state index contributed by atoms with van der Waals surface area (Å²) in [5.41, 5.74) is 0.944. The smallest absolute Gasteiger partial charge is 0.317 e. The number of nitrogens with zero attached hydrogens (tertiary/aromatic N) is 4. The Hall–Kier alpha value is -2.41. The highest BCUT2D eigenvalue weighted by molar-refractivity contribution is 5.73. The molecule has 1 heterocycles. The van der Waals surface area contributed by atoms with E-state index in [0.717, 1.165) is 18.5 Å². The van der Waals surface area contributed by atoms with E-state index in [1.165, 1.54) is 4.90 Å². The second-order valence-electron chi connectivity index (χ2n) is 5.90. The maximum Gasteiger partial charge on any atom is 0.317 e. The predicted octanol–water partition coefficient (Wildman–Crippen LogP) is 1.18. The van der Waals surface area contributed by atoms with Gasteiger partial charge in [0.2, 0.25) is 0 Å². The van der Waals surface area contributed by atoms with Crippen molar-refractivity contribution in [3.63, 3.8) is 0 Å². The number of aliphatic hydroxyl groups is 1. The Morgan fingerprint density at radius 2 is 2.17 bits per heavy atom. The van der Waals surface area contributed by atoms with Crippen LogP contribution >= 0.6 is 0 Å². The molecule has 122 valence electrons. The quantitative estimate of drug-likeness (QED) is 0.838. The first-order valence-corrected chi connectivity index (χ1v) is 7.76. The summed E-state index contributed by atoms with van der Waals surface area (Å²) in [6.07, 6.45) is 3.30. The minimum atomic E-state index is -0.432. The number of hydrogen-bond donors (Lipinski definition) is 2. The lowest BCUT2D eigenvalue weighted by atomic mass is 10.2. The van der Waals surface area contributed by atoms with Gasteiger partial charge in [0.1, 0.15) is 6.33 Å². The molecule has 1 aliphatic rings. The molecular weight excluding hydrogens is 294 g/mol. The summed E-state index contributed by atoms with van der Waals surface area (Å²) in [5, 5.41) is 20.7. The second-order valence-corrected chi connectivity index (χ2v) is 5.90. The number of nitrogens with one attached hydrogen (secondary N) is 1. The monoisotopic (exact) mass is 315 g/mol. The van der Waals surface area contributed by atoms with Gasteiger partial charge in [-0.2, -0.15) is 0 Å². The van der Waals surface area contributed by atoms with Crippen LogP contribution in [0.15, 0.2) is 36.7 Å². The fourth-order valence-corrected chi connectivity index (χ4v) is 2.47. The molecule has 0 aliphatic heterocycles. The Bertz CT molecular complexity index is 654. The number of aliphatic hydroxyl groups excluding tert-OH is 1. The average Bonchev–Trinajstić information content (AvgIpc) is 3.32. The van der Waals surface area contributed by atoms with Crippen LogP contribution in [0.25, 0.3) is 5.69 Å². The highest BCUT2D eigenvalue weighted by Crippen LogP contribution is 2.32. The van der Waals surface area contributed by atoms with Crippen molar-refractivity contribution in [2.75, 3.05) is 13.6 Å². The summed E-state index contributed by atoms with van der Waals surface area (Å²) in [6, 6.07) is 9.48. The van der Waals surface area contributed by atoms with Crippen molar-refractivity contribution in [1.82, 2.24) is 25.0 Å². The first kappa shape index (κ1) is 15.5. The van der Waals surface area contributed by atoms with Crippen LogP contribution < -0.4 is 5.32 Å². The van der Waals surface area contributed by atoms with Crippen LogP contribution in [0.3, 0.4) is 0 Å².